The first-order valence-electron chi connectivity index (χ1n) is 3.06. The van der Waals surface area contributed by atoms with Gasteiger partial charge in [-0.25, -0.2) is 0 Å². The Labute approximate surface area is 70.0 Å². The first-order valence-corrected chi connectivity index (χ1v) is 3.59. The maximum atomic E-state index is 8.49. The van der Waals surface area contributed by atoms with Gasteiger partial charge in [-0.1, -0.05) is 17.7 Å². The van der Waals surface area contributed by atoms with Crippen LogP contribution >= 0.6 is 11.6 Å². The molecule has 1 rings (SSSR count). The summed E-state index contributed by atoms with van der Waals surface area (Å²) in [6, 6.07) is 8.96. The zero-order chi connectivity index (χ0) is 8.10. The molecule has 1 aromatic carbocycles. The Morgan fingerprint density at radius 1 is 1.55 bits per heavy atom. The van der Waals surface area contributed by atoms with E-state index in [9.17, 15) is 0 Å². The minimum absolute atomic E-state index is 0.106. The van der Waals surface area contributed by atoms with E-state index < -0.39 is 0 Å². The van der Waals surface area contributed by atoms with Gasteiger partial charge in [-0.15, -0.1) is 0 Å². The lowest BCUT2D eigenvalue weighted by atomic mass is 10.2. The SMILES string of the molecule is N#Cc1cccc(OCCl)c1. The van der Waals surface area contributed by atoms with Gasteiger partial charge in [-0.05, 0) is 18.2 Å². The van der Waals surface area contributed by atoms with Gasteiger partial charge in [0.1, 0.15) is 5.75 Å². The second-order valence-corrected chi connectivity index (χ2v) is 2.11. The largest absolute Gasteiger partial charge is 0.478 e. The third-order valence-corrected chi connectivity index (χ3v) is 1.29. The number of rotatable bonds is 2. The second kappa shape index (κ2) is 3.85. The van der Waals surface area contributed by atoms with Gasteiger partial charge in [-0.2, -0.15) is 5.26 Å². The minimum Gasteiger partial charge on any atom is -0.478 e. The van der Waals surface area contributed by atoms with Gasteiger partial charge in [0.25, 0.3) is 0 Å². The van der Waals surface area contributed by atoms with Crippen molar-refractivity contribution in [3.05, 3.63) is 29.8 Å². The Morgan fingerprint density at radius 2 is 2.36 bits per heavy atom. The molecule has 0 saturated heterocycles. The van der Waals surface area contributed by atoms with Crippen molar-refractivity contribution in [2.24, 2.45) is 0 Å². The predicted octanol–water partition coefficient (Wildman–Crippen LogP) is 2.13. The molecule has 0 atom stereocenters. The van der Waals surface area contributed by atoms with E-state index in [1.165, 1.54) is 0 Å². The van der Waals surface area contributed by atoms with E-state index in [1.54, 1.807) is 24.3 Å². The molecule has 0 heterocycles. The van der Waals surface area contributed by atoms with Crippen LogP contribution in [-0.2, 0) is 0 Å². The first kappa shape index (κ1) is 7.90. The van der Waals surface area contributed by atoms with Crippen molar-refractivity contribution in [2.75, 3.05) is 6.07 Å². The summed E-state index contributed by atoms with van der Waals surface area (Å²) in [5.41, 5.74) is 0.576. The number of halogens is 1. The molecule has 0 N–H and O–H groups in total. The van der Waals surface area contributed by atoms with Crippen molar-refractivity contribution in [3.63, 3.8) is 0 Å². The summed E-state index contributed by atoms with van der Waals surface area (Å²) in [6.07, 6.45) is 0. The third kappa shape index (κ3) is 2.14. The lowest BCUT2D eigenvalue weighted by Gasteiger charge is -1.99. The standard InChI is InChI=1S/C8H6ClNO/c9-6-11-8-3-1-2-7(4-8)5-10/h1-4H,6H2. The Morgan fingerprint density at radius 3 is 3.00 bits per heavy atom. The average molecular weight is 168 g/mol. The number of alkyl halides is 1. The van der Waals surface area contributed by atoms with Crippen molar-refractivity contribution in [1.29, 1.82) is 5.26 Å². The number of hydrogen-bond donors (Lipinski definition) is 0. The van der Waals surface area contributed by atoms with Gasteiger partial charge in [0.2, 0.25) is 0 Å². The topological polar surface area (TPSA) is 33.0 Å². The highest BCUT2D eigenvalue weighted by atomic mass is 35.5. The van der Waals surface area contributed by atoms with Crippen molar-refractivity contribution in [1.82, 2.24) is 0 Å². The molecule has 0 unspecified atom stereocenters. The molecule has 2 nitrogen and oxygen atoms in total. The number of nitrogens with zero attached hydrogens (tertiary/aromatic N) is 1. The first-order chi connectivity index (χ1) is 5.36. The molecule has 3 heteroatoms. The van der Waals surface area contributed by atoms with Crippen LogP contribution in [0.3, 0.4) is 0 Å². The molecule has 0 amide bonds. The van der Waals surface area contributed by atoms with E-state index in [0.29, 0.717) is 11.3 Å². The molecule has 0 bridgehead atoms. The normalized spacial score (nSPS) is 8.73. The van der Waals surface area contributed by atoms with E-state index in [-0.39, 0.29) is 6.07 Å². The molecule has 56 valence electrons. The lowest BCUT2D eigenvalue weighted by molar-refractivity contribution is 0.388. The molecule has 0 saturated carbocycles. The highest BCUT2D eigenvalue weighted by Crippen LogP contribution is 2.12. The molecule has 0 aromatic heterocycles. The van der Waals surface area contributed by atoms with E-state index in [4.69, 9.17) is 21.6 Å². The highest BCUT2D eigenvalue weighted by molar-refractivity contribution is 6.17. The van der Waals surface area contributed by atoms with Crippen molar-refractivity contribution < 1.29 is 4.74 Å². The van der Waals surface area contributed by atoms with Crippen molar-refractivity contribution in [3.8, 4) is 11.8 Å². The van der Waals surface area contributed by atoms with Crippen molar-refractivity contribution >= 4 is 11.6 Å². The molecule has 0 aliphatic rings. The van der Waals surface area contributed by atoms with E-state index in [2.05, 4.69) is 0 Å². The van der Waals surface area contributed by atoms with Crippen LogP contribution in [0.1, 0.15) is 5.56 Å². The van der Waals surface area contributed by atoms with Gasteiger partial charge in [0.05, 0.1) is 11.6 Å². The van der Waals surface area contributed by atoms with Crippen molar-refractivity contribution in [2.45, 2.75) is 0 Å². The maximum absolute atomic E-state index is 8.49. The van der Waals surface area contributed by atoms with Crippen LogP contribution in [0.15, 0.2) is 24.3 Å². The van der Waals surface area contributed by atoms with Gasteiger partial charge in [-0.3, -0.25) is 0 Å². The molecule has 0 spiro atoms. The van der Waals surface area contributed by atoms with Crippen LogP contribution in [-0.4, -0.2) is 6.07 Å². The van der Waals surface area contributed by atoms with Crippen LogP contribution in [0.25, 0.3) is 0 Å². The summed E-state index contributed by atoms with van der Waals surface area (Å²) in [5.74, 6) is 0.624. The second-order valence-electron chi connectivity index (χ2n) is 1.89. The van der Waals surface area contributed by atoms with Crippen LogP contribution in [0, 0.1) is 11.3 Å². The summed E-state index contributed by atoms with van der Waals surface area (Å²) in [4.78, 5) is 0. The summed E-state index contributed by atoms with van der Waals surface area (Å²) in [7, 11) is 0. The van der Waals surface area contributed by atoms with Crippen LogP contribution in [0.2, 0.25) is 0 Å². The molecular formula is C8H6ClNO. The number of benzene rings is 1. The maximum Gasteiger partial charge on any atom is 0.162 e. The summed E-state index contributed by atoms with van der Waals surface area (Å²) in [6.45, 7) is 0. The molecule has 0 radical (unpaired) electrons. The monoisotopic (exact) mass is 167 g/mol. The third-order valence-electron chi connectivity index (χ3n) is 1.18. The summed E-state index contributed by atoms with van der Waals surface area (Å²) < 4.78 is 4.96. The quantitative estimate of drug-likeness (QED) is 0.633. The van der Waals surface area contributed by atoms with Gasteiger partial charge >= 0.3 is 0 Å². The molecule has 11 heavy (non-hydrogen) atoms. The Balaban J connectivity index is 2.85. The Hall–Kier alpha value is -1.20. The van der Waals surface area contributed by atoms with E-state index in [1.807, 2.05) is 6.07 Å². The fourth-order valence-corrected chi connectivity index (χ4v) is 0.844. The lowest BCUT2D eigenvalue weighted by Crippen LogP contribution is -1.88. The number of ether oxygens (including phenoxy) is 1. The van der Waals surface area contributed by atoms with Crippen LogP contribution < -0.4 is 4.74 Å². The minimum atomic E-state index is 0.106. The van der Waals surface area contributed by atoms with Gasteiger partial charge < -0.3 is 4.74 Å². The zero-order valence-electron chi connectivity index (χ0n) is 5.75. The summed E-state index contributed by atoms with van der Waals surface area (Å²) in [5, 5.41) is 8.49. The molecule has 0 aliphatic heterocycles. The molecular weight excluding hydrogens is 162 g/mol. The van der Waals surface area contributed by atoms with Crippen LogP contribution in [0.5, 0.6) is 5.75 Å². The van der Waals surface area contributed by atoms with E-state index >= 15 is 0 Å². The molecule has 0 aliphatic carbocycles. The summed E-state index contributed by atoms with van der Waals surface area (Å²) >= 11 is 5.33. The predicted molar refractivity (Wildman–Crippen MR) is 42.5 cm³/mol. The van der Waals surface area contributed by atoms with E-state index in [0.717, 1.165) is 0 Å². The van der Waals surface area contributed by atoms with Gasteiger partial charge in [0.15, 0.2) is 6.07 Å². The number of nitriles is 1. The Bertz CT molecular complexity index is 280. The Kier molecular flexibility index (Phi) is 2.76. The zero-order valence-corrected chi connectivity index (χ0v) is 6.51. The fraction of sp³-hybridized carbons (Fsp3) is 0.125. The average Bonchev–Trinajstić information content (AvgIpc) is 2.06. The number of hydrogen-bond acceptors (Lipinski definition) is 2. The smallest absolute Gasteiger partial charge is 0.162 e. The molecule has 1 aromatic rings. The highest BCUT2D eigenvalue weighted by Gasteiger charge is 1.93. The molecule has 0 fully saturated rings. The van der Waals surface area contributed by atoms with Crippen LogP contribution in [0.4, 0.5) is 0 Å². The fourth-order valence-electron chi connectivity index (χ4n) is 0.718. The van der Waals surface area contributed by atoms with Gasteiger partial charge in [0, 0.05) is 0 Å².